The predicted octanol–water partition coefficient (Wildman–Crippen LogP) is 1.01. The van der Waals surface area contributed by atoms with Crippen LogP contribution in [0.4, 0.5) is 0 Å². The molecular formula is C12H8N4O3. The highest BCUT2D eigenvalue weighted by molar-refractivity contribution is 5.85. The summed E-state index contributed by atoms with van der Waals surface area (Å²) >= 11 is 0. The Bertz CT molecular complexity index is 817. The molecule has 0 bridgehead atoms. The fourth-order valence-corrected chi connectivity index (χ4v) is 1.79. The average molecular weight is 256 g/mol. The van der Waals surface area contributed by atoms with Crippen LogP contribution in [-0.4, -0.2) is 31.2 Å². The number of aromatic nitrogens is 4. The molecule has 7 nitrogen and oxygen atoms in total. The fourth-order valence-electron chi connectivity index (χ4n) is 1.79. The molecule has 0 saturated heterocycles. The third-order valence-corrected chi connectivity index (χ3v) is 2.70. The van der Waals surface area contributed by atoms with Gasteiger partial charge in [-0.3, -0.25) is 0 Å². The minimum absolute atomic E-state index is 0.111. The Hall–Kier alpha value is -2.96. The minimum Gasteiger partial charge on any atom is -0.476 e. The zero-order chi connectivity index (χ0) is 13.4. The molecule has 0 amide bonds. The number of carbonyl (C=O) groups is 1. The number of hydrogen-bond acceptors (Lipinski definition) is 4. The van der Waals surface area contributed by atoms with Crippen molar-refractivity contribution >= 4 is 17.0 Å². The first-order valence-electron chi connectivity index (χ1n) is 5.43. The van der Waals surface area contributed by atoms with Crippen molar-refractivity contribution < 1.29 is 9.90 Å². The predicted molar refractivity (Wildman–Crippen MR) is 66.9 cm³/mol. The maximum atomic E-state index is 11.2. The summed E-state index contributed by atoms with van der Waals surface area (Å²) in [5.41, 5.74) is 2.25. The fraction of sp³-hybridized carbons (Fsp3) is 0. The molecule has 0 unspecified atom stereocenters. The van der Waals surface area contributed by atoms with E-state index in [0.29, 0.717) is 16.7 Å². The van der Waals surface area contributed by atoms with Gasteiger partial charge in [-0.15, -0.1) is 10.2 Å². The molecule has 19 heavy (non-hydrogen) atoms. The van der Waals surface area contributed by atoms with Crippen molar-refractivity contribution in [1.29, 1.82) is 0 Å². The lowest BCUT2D eigenvalue weighted by Gasteiger charge is -2.00. The number of hydrogen-bond donors (Lipinski definition) is 3. The Morgan fingerprint density at radius 3 is 2.53 bits per heavy atom. The second-order valence-corrected chi connectivity index (χ2v) is 3.95. The van der Waals surface area contributed by atoms with Gasteiger partial charge in [-0.1, -0.05) is 6.07 Å². The van der Waals surface area contributed by atoms with Crippen LogP contribution in [0.25, 0.3) is 22.3 Å². The van der Waals surface area contributed by atoms with Gasteiger partial charge in [0.15, 0.2) is 5.69 Å². The molecular weight excluding hydrogens is 248 g/mol. The van der Waals surface area contributed by atoms with Crippen LogP contribution in [0.5, 0.6) is 0 Å². The average Bonchev–Trinajstić information content (AvgIpc) is 2.77. The second kappa shape index (κ2) is 4.05. The Morgan fingerprint density at radius 2 is 1.84 bits per heavy atom. The lowest BCUT2D eigenvalue weighted by molar-refractivity contribution is 0.0689. The van der Waals surface area contributed by atoms with Crippen molar-refractivity contribution in [2.45, 2.75) is 0 Å². The molecule has 7 heteroatoms. The largest absolute Gasteiger partial charge is 0.476 e. The Labute approximate surface area is 105 Å². The van der Waals surface area contributed by atoms with Crippen LogP contribution in [0, 0.1) is 0 Å². The summed E-state index contributed by atoms with van der Waals surface area (Å²) in [4.78, 5) is 27.1. The van der Waals surface area contributed by atoms with E-state index in [9.17, 15) is 9.59 Å². The van der Waals surface area contributed by atoms with Gasteiger partial charge in [0.05, 0.1) is 16.7 Å². The van der Waals surface area contributed by atoms with E-state index in [1.54, 1.807) is 24.3 Å². The molecule has 94 valence electrons. The topological polar surface area (TPSA) is 112 Å². The number of aromatic amines is 2. The highest BCUT2D eigenvalue weighted by Gasteiger charge is 2.07. The highest BCUT2D eigenvalue weighted by atomic mass is 16.4. The number of carboxylic acids is 1. The van der Waals surface area contributed by atoms with E-state index in [0.717, 1.165) is 5.56 Å². The third-order valence-electron chi connectivity index (χ3n) is 2.70. The lowest BCUT2D eigenvalue weighted by Crippen LogP contribution is -2.01. The van der Waals surface area contributed by atoms with Gasteiger partial charge in [0.2, 0.25) is 0 Å². The number of nitrogens with one attached hydrogen (secondary N) is 2. The Balaban J connectivity index is 2.07. The van der Waals surface area contributed by atoms with Gasteiger partial charge >= 0.3 is 11.7 Å². The summed E-state index contributed by atoms with van der Waals surface area (Å²) in [5.74, 6) is -1.12. The summed E-state index contributed by atoms with van der Waals surface area (Å²) in [7, 11) is 0. The molecule has 0 aliphatic rings. The van der Waals surface area contributed by atoms with Crippen LogP contribution >= 0.6 is 0 Å². The number of imidazole rings is 1. The van der Waals surface area contributed by atoms with Crippen LogP contribution in [0.1, 0.15) is 10.5 Å². The Morgan fingerprint density at radius 1 is 1.05 bits per heavy atom. The number of nitrogens with zero attached hydrogens (tertiary/aromatic N) is 2. The van der Waals surface area contributed by atoms with Crippen molar-refractivity contribution in [3.8, 4) is 11.3 Å². The van der Waals surface area contributed by atoms with Gasteiger partial charge in [-0.05, 0) is 24.3 Å². The quantitative estimate of drug-likeness (QED) is 0.633. The van der Waals surface area contributed by atoms with Gasteiger partial charge < -0.3 is 15.1 Å². The van der Waals surface area contributed by atoms with Crippen LogP contribution in [-0.2, 0) is 0 Å². The second-order valence-electron chi connectivity index (χ2n) is 3.95. The molecule has 0 fully saturated rings. The standard InChI is InChI=1S/C12H8N4O3/c17-11(18)9-4-3-7(15-16-9)6-1-2-8-10(5-6)14-12(19)13-8/h1-5H,(H,17,18)(H2,13,14,19). The van der Waals surface area contributed by atoms with Crippen molar-refractivity contribution in [2.24, 2.45) is 0 Å². The van der Waals surface area contributed by atoms with E-state index in [1.807, 2.05) is 0 Å². The van der Waals surface area contributed by atoms with Gasteiger partial charge in [0.1, 0.15) is 0 Å². The number of fused-ring (bicyclic) bond motifs is 1. The Kier molecular flexibility index (Phi) is 2.38. The molecule has 3 rings (SSSR count). The number of aromatic carboxylic acids is 1. The van der Waals surface area contributed by atoms with E-state index in [1.165, 1.54) is 6.07 Å². The van der Waals surface area contributed by atoms with Crippen molar-refractivity contribution in [2.75, 3.05) is 0 Å². The maximum Gasteiger partial charge on any atom is 0.356 e. The molecule has 0 spiro atoms. The maximum absolute atomic E-state index is 11.2. The number of carboxylic acid groups (broad SMARTS) is 1. The normalized spacial score (nSPS) is 10.7. The summed E-state index contributed by atoms with van der Waals surface area (Å²) < 4.78 is 0. The third kappa shape index (κ3) is 1.97. The van der Waals surface area contributed by atoms with E-state index in [4.69, 9.17) is 5.11 Å². The monoisotopic (exact) mass is 256 g/mol. The molecule has 0 saturated carbocycles. The first-order valence-corrected chi connectivity index (χ1v) is 5.43. The van der Waals surface area contributed by atoms with E-state index in [2.05, 4.69) is 20.2 Å². The lowest BCUT2D eigenvalue weighted by atomic mass is 10.1. The van der Waals surface area contributed by atoms with Crippen LogP contribution < -0.4 is 5.69 Å². The van der Waals surface area contributed by atoms with Gasteiger partial charge in [0, 0.05) is 5.56 Å². The molecule has 0 atom stereocenters. The van der Waals surface area contributed by atoms with E-state index in [-0.39, 0.29) is 11.4 Å². The molecule has 0 aliphatic carbocycles. The van der Waals surface area contributed by atoms with Crippen molar-refractivity contribution in [3.05, 3.63) is 46.5 Å². The molecule has 3 aromatic rings. The SMILES string of the molecule is O=C(O)c1ccc(-c2ccc3[nH]c(=O)[nH]c3c2)nn1. The smallest absolute Gasteiger partial charge is 0.356 e. The molecule has 1 aromatic carbocycles. The van der Waals surface area contributed by atoms with Crippen molar-refractivity contribution in [3.63, 3.8) is 0 Å². The molecule has 0 aliphatic heterocycles. The first-order chi connectivity index (χ1) is 9.13. The highest BCUT2D eigenvalue weighted by Crippen LogP contribution is 2.19. The molecule has 0 radical (unpaired) electrons. The van der Waals surface area contributed by atoms with Gasteiger partial charge in [-0.2, -0.15) is 0 Å². The zero-order valence-corrected chi connectivity index (χ0v) is 9.54. The number of H-pyrrole nitrogens is 2. The van der Waals surface area contributed by atoms with Crippen LogP contribution in [0.3, 0.4) is 0 Å². The van der Waals surface area contributed by atoms with Crippen molar-refractivity contribution in [1.82, 2.24) is 20.2 Å². The van der Waals surface area contributed by atoms with Crippen LogP contribution in [0.2, 0.25) is 0 Å². The van der Waals surface area contributed by atoms with Gasteiger partial charge in [-0.25, -0.2) is 9.59 Å². The summed E-state index contributed by atoms with van der Waals surface area (Å²) in [5, 5.41) is 16.2. The van der Waals surface area contributed by atoms with Gasteiger partial charge in [0.25, 0.3) is 0 Å². The minimum atomic E-state index is -1.12. The molecule has 2 aromatic heterocycles. The summed E-state index contributed by atoms with van der Waals surface area (Å²) in [6.45, 7) is 0. The van der Waals surface area contributed by atoms with E-state index < -0.39 is 5.97 Å². The first kappa shape index (κ1) is 11.1. The van der Waals surface area contributed by atoms with Crippen LogP contribution in [0.15, 0.2) is 35.1 Å². The molecule has 3 N–H and O–H groups in total. The number of rotatable bonds is 2. The number of benzene rings is 1. The van der Waals surface area contributed by atoms with E-state index >= 15 is 0 Å². The zero-order valence-electron chi connectivity index (χ0n) is 9.54. The summed E-state index contributed by atoms with van der Waals surface area (Å²) in [6, 6.07) is 8.22. The molecule has 2 heterocycles. The summed E-state index contributed by atoms with van der Waals surface area (Å²) in [6.07, 6.45) is 0.